The third kappa shape index (κ3) is 61.3. The van der Waals surface area contributed by atoms with E-state index < -0.39 is 12.1 Å². The van der Waals surface area contributed by atoms with E-state index in [2.05, 4.69) is 55.6 Å². The molecule has 6 heteroatoms. The van der Waals surface area contributed by atoms with Crippen molar-refractivity contribution in [1.29, 1.82) is 0 Å². The van der Waals surface area contributed by atoms with Crippen LogP contribution >= 0.6 is 0 Å². The summed E-state index contributed by atoms with van der Waals surface area (Å²) >= 11 is 0. The summed E-state index contributed by atoms with van der Waals surface area (Å²) in [6.07, 6.45) is 83.1. The number of carbonyl (C=O) groups is 2. The molecule has 0 aromatic carbocycles. The third-order valence-electron chi connectivity index (χ3n) is 15.9. The first-order valence-corrected chi connectivity index (χ1v) is 34.2. The van der Waals surface area contributed by atoms with Crippen LogP contribution in [0.5, 0.6) is 0 Å². The highest BCUT2D eigenvalue weighted by Crippen LogP contribution is 2.18. The summed E-state index contributed by atoms with van der Waals surface area (Å²) in [5.74, 6) is -0.0500. The minimum absolute atomic E-state index is 0.00880. The second-order valence-corrected chi connectivity index (χ2v) is 23.5. The zero-order valence-corrected chi connectivity index (χ0v) is 51.3. The lowest BCUT2D eigenvalue weighted by Gasteiger charge is -2.22. The van der Waals surface area contributed by atoms with Gasteiger partial charge in [-0.25, -0.2) is 0 Å². The molecule has 6 nitrogen and oxygen atoms in total. The van der Waals surface area contributed by atoms with Gasteiger partial charge in [-0.3, -0.25) is 9.59 Å². The van der Waals surface area contributed by atoms with Gasteiger partial charge in [0, 0.05) is 12.8 Å². The number of unbranched alkanes of at least 4 members (excludes halogenated alkanes) is 47. The average molecular weight is 1070 g/mol. The molecule has 0 aromatic rings. The second kappa shape index (κ2) is 65.6. The normalized spacial score (nSPS) is 12.7. The minimum Gasteiger partial charge on any atom is -0.466 e. The Labute approximate surface area is 474 Å². The molecule has 448 valence electrons. The Hall–Kier alpha value is -1.92. The molecule has 0 radical (unpaired) electrons. The SMILES string of the molecule is CCCCCC/C=C\C/C=C\CCCCCCCC(=O)OCCCCCCCCCC/C=C\CCCCCCCCCC(=O)NC(CO)C(O)CCCCCCCCCCCCCCCCCCCCCCCCCC. The molecule has 0 heterocycles. The number of allylic oxidation sites excluding steroid dienone is 6. The Morgan fingerprint density at radius 3 is 1.03 bits per heavy atom. The molecule has 0 aliphatic carbocycles. The van der Waals surface area contributed by atoms with Gasteiger partial charge < -0.3 is 20.3 Å². The standard InChI is InChI=1S/C70H133NO5/c1-3-5-7-9-11-13-15-17-19-21-22-23-24-25-26-28-31-34-38-42-46-50-54-58-62-68(73)67(66-72)71-69(74)63-59-55-51-47-43-39-35-32-29-27-30-33-37-41-45-49-53-57-61-65-76-70(75)64-60-56-52-48-44-40-36-20-18-16-14-12-10-8-6-4-2/h14,16,20,27,29,36,67-68,72-73H,3-13,15,17-19,21-26,28,30-35,37-66H2,1-2H3,(H,71,74)/b16-14-,29-27-,36-20-. The van der Waals surface area contributed by atoms with Gasteiger partial charge in [-0.1, -0.05) is 314 Å². The number of rotatable bonds is 64. The topological polar surface area (TPSA) is 95.9 Å². The lowest BCUT2D eigenvalue weighted by molar-refractivity contribution is -0.143. The Bertz CT molecular complexity index is 1230. The fraction of sp³-hybridized carbons (Fsp3) is 0.886. The van der Waals surface area contributed by atoms with Crippen LogP contribution in [0.2, 0.25) is 0 Å². The Kier molecular flexibility index (Phi) is 63.9. The number of ether oxygens (including phenoxy) is 1. The lowest BCUT2D eigenvalue weighted by atomic mass is 10.0. The third-order valence-corrected chi connectivity index (χ3v) is 15.9. The van der Waals surface area contributed by atoms with Gasteiger partial charge in [0.1, 0.15) is 0 Å². The molecule has 0 saturated carbocycles. The monoisotopic (exact) mass is 1070 g/mol. The maximum Gasteiger partial charge on any atom is 0.305 e. The van der Waals surface area contributed by atoms with E-state index in [-0.39, 0.29) is 18.5 Å². The number of esters is 1. The molecule has 2 unspecified atom stereocenters. The van der Waals surface area contributed by atoms with Crippen LogP contribution in [-0.2, 0) is 14.3 Å². The molecule has 0 fully saturated rings. The van der Waals surface area contributed by atoms with E-state index in [1.807, 2.05) is 0 Å². The maximum atomic E-state index is 12.5. The van der Waals surface area contributed by atoms with Crippen molar-refractivity contribution < 1.29 is 24.5 Å². The van der Waals surface area contributed by atoms with Gasteiger partial charge in [-0.05, 0) is 83.5 Å². The van der Waals surface area contributed by atoms with Gasteiger partial charge >= 0.3 is 5.97 Å². The van der Waals surface area contributed by atoms with Crippen molar-refractivity contribution in [2.45, 2.75) is 386 Å². The average Bonchev–Trinajstić information content (AvgIpc) is 3.42. The number of nitrogens with one attached hydrogen (secondary N) is 1. The fourth-order valence-corrected chi connectivity index (χ4v) is 10.7. The van der Waals surface area contributed by atoms with Gasteiger partial charge in [0.15, 0.2) is 0 Å². The fourth-order valence-electron chi connectivity index (χ4n) is 10.7. The van der Waals surface area contributed by atoms with Crippen LogP contribution in [0.4, 0.5) is 0 Å². The maximum absolute atomic E-state index is 12.5. The lowest BCUT2D eigenvalue weighted by Crippen LogP contribution is -2.45. The Balaban J connectivity index is 3.44. The molecular formula is C70H133NO5. The molecule has 0 aliphatic heterocycles. The number of hydrogen-bond donors (Lipinski definition) is 3. The summed E-state index contributed by atoms with van der Waals surface area (Å²) in [6.45, 7) is 4.95. The van der Waals surface area contributed by atoms with Gasteiger partial charge in [-0.2, -0.15) is 0 Å². The highest BCUT2D eigenvalue weighted by atomic mass is 16.5. The van der Waals surface area contributed by atoms with Crippen molar-refractivity contribution in [3.05, 3.63) is 36.5 Å². The quantitative estimate of drug-likeness (QED) is 0.0320. The molecule has 0 aliphatic rings. The predicted molar refractivity (Wildman–Crippen MR) is 333 cm³/mol. The summed E-state index contributed by atoms with van der Waals surface area (Å²) in [6, 6.07) is -0.551. The van der Waals surface area contributed by atoms with Crippen molar-refractivity contribution in [3.63, 3.8) is 0 Å². The van der Waals surface area contributed by atoms with E-state index in [9.17, 15) is 19.8 Å². The van der Waals surface area contributed by atoms with Gasteiger partial charge in [0.2, 0.25) is 5.91 Å². The number of amides is 1. The van der Waals surface area contributed by atoms with Crippen LogP contribution in [0, 0.1) is 0 Å². The molecule has 3 N–H and O–H groups in total. The number of hydrogen-bond acceptors (Lipinski definition) is 5. The van der Waals surface area contributed by atoms with Crippen LogP contribution < -0.4 is 5.32 Å². The van der Waals surface area contributed by atoms with Crippen LogP contribution in [0.1, 0.15) is 373 Å². The summed E-state index contributed by atoms with van der Waals surface area (Å²) < 4.78 is 5.48. The first-order valence-electron chi connectivity index (χ1n) is 34.2. The van der Waals surface area contributed by atoms with E-state index in [1.54, 1.807) is 0 Å². The Morgan fingerprint density at radius 2 is 0.658 bits per heavy atom. The van der Waals surface area contributed by atoms with Gasteiger partial charge in [0.05, 0.1) is 25.4 Å². The molecule has 0 bridgehead atoms. The first kappa shape index (κ1) is 74.1. The van der Waals surface area contributed by atoms with Crippen molar-refractivity contribution in [3.8, 4) is 0 Å². The smallest absolute Gasteiger partial charge is 0.305 e. The molecular weight excluding hydrogens is 935 g/mol. The summed E-state index contributed by atoms with van der Waals surface area (Å²) in [5.41, 5.74) is 0. The van der Waals surface area contributed by atoms with Crippen molar-refractivity contribution in [2.24, 2.45) is 0 Å². The molecule has 0 spiro atoms. The van der Waals surface area contributed by atoms with Gasteiger partial charge in [0.25, 0.3) is 0 Å². The van der Waals surface area contributed by atoms with Crippen molar-refractivity contribution >= 4 is 11.9 Å². The summed E-state index contributed by atoms with van der Waals surface area (Å²) in [7, 11) is 0. The molecule has 76 heavy (non-hydrogen) atoms. The molecule has 0 rings (SSSR count). The molecule has 0 aromatic heterocycles. The van der Waals surface area contributed by atoms with Crippen LogP contribution in [0.15, 0.2) is 36.5 Å². The van der Waals surface area contributed by atoms with Crippen LogP contribution in [-0.4, -0.2) is 47.4 Å². The first-order chi connectivity index (χ1) is 37.5. The van der Waals surface area contributed by atoms with E-state index in [0.29, 0.717) is 25.9 Å². The minimum atomic E-state index is -0.673. The van der Waals surface area contributed by atoms with E-state index >= 15 is 0 Å². The van der Waals surface area contributed by atoms with Crippen LogP contribution in [0.3, 0.4) is 0 Å². The number of aliphatic hydroxyl groups is 2. The van der Waals surface area contributed by atoms with E-state index in [0.717, 1.165) is 57.8 Å². The van der Waals surface area contributed by atoms with Crippen LogP contribution in [0.25, 0.3) is 0 Å². The van der Waals surface area contributed by atoms with E-state index in [1.165, 1.54) is 283 Å². The second-order valence-electron chi connectivity index (χ2n) is 23.5. The van der Waals surface area contributed by atoms with Gasteiger partial charge in [-0.15, -0.1) is 0 Å². The number of aliphatic hydroxyl groups excluding tert-OH is 2. The Morgan fingerprint density at radius 1 is 0.368 bits per heavy atom. The van der Waals surface area contributed by atoms with Crippen molar-refractivity contribution in [2.75, 3.05) is 13.2 Å². The predicted octanol–water partition coefficient (Wildman–Crippen LogP) is 21.9. The zero-order valence-electron chi connectivity index (χ0n) is 51.3. The molecule has 2 atom stereocenters. The zero-order chi connectivity index (χ0) is 55.0. The highest BCUT2D eigenvalue weighted by Gasteiger charge is 2.20. The molecule has 1 amide bonds. The van der Waals surface area contributed by atoms with E-state index in [4.69, 9.17) is 4.74 Å². The summed E-state index contributed by atoms with van der Waals surface area (Å²) in [5, 5.41) is 23.4. The number of carbonyl (C=O) groups excluding carboxylic acids is 2. The summed E-state index contributed by atoms with van der Waals surface area (Å²) in [4.78, 5) is 24.6. The largest absolute Gasteiger partial charge is 0.466 e. The highest BCUT2D eigenvalue weighted by molar-refractivity contribution is 5.76. The van der Waals surface area contributed by atoms with Crippen molar-refractivity contribution in [1.82, 2.24) is 5.32 Å². The molecule has 0 saturated heterocycles.